The number of nitro groups is 1. The molecule has 1 N–H and O–H groups in total. The molecule has 3 rings (SSSR count). The summed E-state index contributed by atoms with van der Waals surface area (Å²) in [5.74, 6) is -1.04. The highest BCUT2D eigenvalue weighted by Crippen LogP contribution is 2.55. The van der Waals surface area contributed by atoms with Gasteiger partial charge in [-0.15, -0.1) is 0 Å². The van der Waals surface area contributed by atoms with E-state index in [9.17, 15) is 23.7 Å². The zero-order valence-corrected chi connectivity index (χ0v) is 14.9. The van der Waals surface area contributed by atoms with E-state index < -0.39 is 33.9 Å². The SMILES string of the molecule is CC(C)(C)OC(=O)NC1C2CC(Cc3c(F)cc([N+](=O)[O-])cc3F)C[C@H]21. The van der Waals surface area contributed by atoms with Crippen LogP contribution in [0.25, 0.3) is 0 Å². The van der Waals surface area contributed by atoms with Gasteiger partial charge >= 0.3 is 6.09 Å². The first-order chi connectivity index (χ1) is 12.0. The zero-order valence-electron chi connectivity index (χ0n) is 14.9. The highest BCUT2D eigenvalue weighted by molar-refractivity contribution is 5.68. The van der Waals surface area contributed by atoms with Gasteiger partial charge in [0.2, 0.25) is 0 Å². The highest BCUT2D eigenvalue weighted by Gasteiger charge is 2.56. The van der Waals surface area contributed by atoms with Crippen molar-refractivity contribution in [2.24, 2.45) is 17.8 Å². The lowest BCUT2D eigenvalue weighted by molar-refractivity contribution is -0.385. The van der Waals surface area contributed by atoms with Gasteiger partial charge in [0.1, 0.15) is 17.2 Å². The van der Waals surface area contributed by atoms with Crippen molar-refractivity contribution in [2.45, 2.75) is 51.7 Å². The minimum Gasteiger partial charge on any atom is -0.444 e. The van der Waals surface area contributed by atoms with E-state index in [1.165, 1.54) is 0 Å². The standard InChI is InChI=1S/C18H22F2N2O4/c1-18(2,3)26-17(23)21-16-11-4-9(5-12(11)16)6-13-14(19)7-10(22(24)25)8-15(13)20/h7-9,11-12,16H,4-6H2,1-3H3,(H,21,23)/t9?,11-,12?,16?/m1/s1. The lowest BCUT2D eigenvalue weighted by Crippen LogP contribution is -2.35. The van der Waals surface area contributed by atoms with E-state index >= 15 is 0 Å². The summed E-state index contributed by atoms with van der Waals surface area (Å²) in [5, 5.41) is 13.5. The Labute approximate surface area is 150 Å². The van der Waals surface area contributed by atoms with Gasteiger partial charge in [0.05, 0.1) is 17.1 Å². The Morgan fingerprint density at radius 1 is 1.27 bits per heavy atom. The second-order valence-corrected chi connectivity index (χ2v) is 8.19. The number of hydrogen-bond acceptors (Lipinski definition) is 4. The van der Waals surface area contributed by atoms with Crippen molar-refractivity contribution in [3.05, 3.63) is 39.4 Å². The van der Waals surface area contributed by atoms with Crippen molar-refractivity contribution >= 4 is 11.8 Å². The number of nitrogens with zero attached hydrogens (tertiary/aromatic N) is 1. The Morgan fingerprint density at radius 3 is 2.27 bits per heavy atom. The second-order valence-electron chi connectivity index (χ2n) is 8.19. The number of ether oxygens (including phenoxy) is 1. The number of alkyl carbamates (subject to hydrolysis) is 1. The van der Waals surface area contributed by atoms with Gasteiger partial charge in [-0.2, -0.15) is 0 Å². The summed E-state index contributed by atoms with van der Waals surface area (Å²) in [4.78, 5) is 21.6. The molecule has 2 saturated carbocycles. The molecule has 4 atom stereocenters. The number of rotatable bonds is 4. The Kier molecular flexibility index (Phi) is 4.62. The molecule has 0 spiro atoms. The monoisotopic (exact) mass is 368 g/mol. The lowest BCUT2D eigenvalue weighted by atomic mass is 9.93. The van der Waals surface area contributed by atoms with Crippen LogP contribution in [0.4, 0.5) is 19.3 Å². The van der Waals surface area contributed by atoms with Crippen LogP contribution in [0, 0.1) is 39.5 Å². The van der Waals surface area contributed by atoms with Crippen LogP contribution in [0.3, 0.4) is 0 Å². The number of amides is 1. The largest absolute Gasteiger partial charge is 0.444 e. The van der Waals surface area contributed by atoms with Crippen molar-refractivity contribution < 1.29 is 23.2 Å². The molecule has 1 aromatic rings. The van der Waals surface area contributed by atoms with E-state index in [2.05, 4.69) is 5.32 Å². The number of hydrogen-bond donors (Lipinski definition) is 1. The third kappa shape index (κ3) is 3.94. The Morgan fingerprint density at radius 2 is 1.81 bits per heavy atom. The summed E-state index contributed by atoms with van der Waals surface area (Å²) in [6, 6.07) is 1.59. The van der Waals surface area contributed by atoms with Gasteiger partial charge in [-0.25, -0.2) is 13.6 Å². The Balaban J connectivity index is 1.54. The van der Waals surface area contributed by atoms with Gasteiger partial charge < -0.3 is 10.1 Å². The molecule has 0 saturated heterocycles. The van der Waals surface area contributed by atoms with E-state index in [1.807, 2.05) is 0 Å². The molecule has 0 heterocycles. The van der Waals surface area contributed by atoms with Crippen LogP contribution in [-0.4, -0.2) is 22.7 Å². The minimum atomic E-state index is -0.874. The van der Waals surface area contributed by atoms with Crippen molar-refractivity contribution in [3.8, 4) is 0 Å². The zero-order chi connectivity index (χ0) is 19.2. The fourth-order valence-corrected chi connectivity index (χ4v) is 3.96. The molecule has 6 nitrogen and oxygen atoms in total. The molecule has 8 heteroatoms. The summed E-state index contributed by atoms with van der Waals surface area (Å²) in [6.07, 6.45) is 1.30. The number of nitrogens with one attached hydrogen (secondary N) is 1. The van der Waals surface area contributed by atoms with Crippen molar-refractivity contribution in [1.82, 2.24) is 5.32 Å². The Hall–Kier alpha value is -2.25. The number of non-ortho nitro benzene ring substituents is 1. The second kappa shape index (κ2) is 6.48. The van der Waals surface area contributed by atoms with Crippen molar-refractivity contribution in [1.29, 1.82) is 0 Å². The number of carbonyl (C=O) groups excluding carboxylic acids is 1. The van der Waals surface area contributed by atoms with Crippen LogP contribution >= 0.6 is 0 Å². The maximum Gasteiger partial charge on any atom is 0.407 e. The molecule has 1 aromatic carbocycles. The average Bonchev–Trinajstić information content (AvgIpc) is 2.93. The van der Waals surface area contributed by atoms with E-state index in [4.69, 9.17) is 4.74 Å². The average molecular weight is 368 g/mol. The van der Waals surface area contributed by atoms with Crippen molar-refractivity contribution in [3.63, 3.8) is 0 Å². The molecule has 0 aliphatic heterocycles. The molecule has 2 fully saturated rings. The maximum absolute atomic E-state index is 14.0. The van der Waals surface area contributed by atoms with E-state index in [-0.39, 0.29) is 23.9 Å². The third-order valence-corrected chi connectivity index (χ3v) is 5.06. The van der Waals surface area contributed by atoms with Gasteiger partial charge in [0.15, 0.2) is 0 Å². The molecule has 3 unspecified atom stereocenters. The van der Waals surface area contributed by atoms with E-state index in [0.29, 0.717) is 11.8 Å². The summed E-state index contributed by atoms with van der Waals surface area (Å²) >= 11 is 0. The normalized spacial score (nSPS) is 27.0. The smallest absolute Gasteiger partial charge is 0.407 e. The Bertz CT molecular complexity index is 712. The van der Waals surface area contributed by atoms with Gasteiger partial charge in [0, 0.05) is 11.6 Å². The first-order valence-corrected chi connectivity index (χ1v) is 8.67. The first-order valence-electron chi connectivity index (χ1n) is 8.67. The summed E-state index contributed by atoms with van der Waals surface area (Å²) in [5.41, 5.74) is -1.24. The van der Waals surface area contributed by atoms with Crippen LogP contribution in [-0.2, 0) is 11.2 Å². The highest BCUT2D eigenvalue weighted by atomic mass is 19.1. The van der Waals surface area contributed by atoms with Gasteiger partial charge in [-0.05, 0) is 57.8 Å². The van der Waals surface area contributed by atoms with Crippen LogP contribution in [0.1, 0.15) is 39.2 Å². The molecule has 2 aliphatic carbocycles. The lowest BCUT2D eigenvalue weighted by Gasteiger charge is -2.21. The van der Waals surface area contributed by atoms with Crippen molar-refractivity contribution in [2.75, 3.05) is 0 Å². The first kappa shape index (κ1) is 18.5. The maximum atomic E-state index is 14.0. The minimum absolute atomic E-state index is 0.0626. The van der Waals surface area contributed by atoms with Crippen LogP contribution in [0.15, 0.2) is 12.1 Å². The predicted octanol–water partition coefficient (Wildman–Crippen LogP) is 3.96. The number of fused-ring (bicyclic) bond motifs is 1. The summed E-state index contributed by atoms with van der Waals surface area (Å²) in [6.45, 7) is 5.39. The number of carbonyl (C=O) groups is 1. The predicted molar refractivity (Wildman–Crippen MR) is 89.6 cm³/mol. The fourth-order valence-electron chi connectivity index (χ4n) is 3.96. The van der Waals surface area contributed by atoms with E-state index in [1.54, 1.807) is 20.8 Å². The quantitative estimate of drug-likeness (QED) is 0.644. The van der Waals surface area contributed by atoms with Crippen LogP contribution in [0.5, 0.6) is 0 Å². The number of benzene rings is 1. The van der Waals surface area contributed by atoms with Gasteiger partial charge in [-0.1, -0.05) is 0 Å². The fraction of sp³-hybridized carbons (Fsp3) is 0.611. The molecular weight excluding hydrogens is 346 g/mol. The summed E-state index contributed by atoms with van der Waals surface area (Å²) in [7, 11) is 0. The molecule has 0 aromatic heterocycles. The van der Waals surface area contributed by atoms with Crippen LogP contribution in [0.2, 0.25) is 0 Å². The van der Waals surface area contributed by atoms with Crippen LogP contribution < -0.4 is 5.32 Å². The molecule has 0 bridgehead atoms. The number of nitro benzene ring substituents is 1. The van der Waals surface area contributed by atoms with E-state index in [0.717, 1.165) is 25.0 Å². The molecular formula is C18H22F2N2O4. The molecule has 26 heavy (non-hydrogen) atoms. The van der Waals surface area contributed by atoms with Gasteiger partial charge in [-0.3, -0.25) is 10.1 Å². The molecule has 0 radical (unpaired) electrons. The molecule has 142 valence electrons. The topological polar surface area (TPSA) is 81.5 Å². The molecule has 1 amide bonds. The third-order valence-electron chi connectivity index (χ3n) is 5.06. The summed E-state index contributed by atoms with van der Waals surface area (Å²) < 4.78 is 33.3. The molecule has 2 aliphatic rings. The number of halogens is 2. The van der Waals surface area contributed by atoms with Gasteiger partial charge in [0.25, 0.3) is 5.69 Å².